The van der Waals surface area contributed by atoms with Gasteiger partial charge in [-0.15, -0.1) is 0 Å². The van der Waals surface area contributed by atoms with Crippen molar-refractivity contribution in [1.29, 1.82) is 0 Å². The fraction of sp³-hybridized carbons (Fsp3) is 0.435. The summed E-state index contributed by atoms with van der Waals surface area (Å²) in [7, 11) is 1.59. The van der Waals surface area contributed by atoms with E-state index in [9.17, 15) is 9.90 Å². The van der Waals surface area contributed by atoms with Gasteiger partial charge in [0.15, 0.2) is 0 Å². The van der Waals surface area contributed by atoms with Gasteiger partial charge in [0.1, 0.15) is 29.8 Å². The van der Waals surface area contributed by atoms with Crippen molar-refractivity contribution in [2.24, 2.45) is 0 Å². The predicted octanol–water partition coefficient (Wildman–Crippen LogP) is 3.50. The van der Waals surface area contributed by atoms with Gasteiger partial charge in [0.05, 0.1) is 13.7 Å². The standard InChI is InChI=1S/C23H32N2O5/c1-23(2,3)30-22(27)25(14-13-17-5-7-18(24)8-6-17)15-19(26)16-29-21-11-9-20(28-4)10-12-21/h5-12,19,26H,13-16,24H2,1-4H3/t19-/m0/s1. The van der Waals surface area contributed by atoms with E-state index in [1.165, 1.54) is 4.90 Å². The van der Waals surface area contributed by atoms with E-state index in [1.54, 1.807) is 31.4 Å². The van der Waals surface area contributed by atoms with Crippen molar-refractivity contribution in [2.75, 3.05) is 32.5 Å². The number of methoxy groups -OCH3 is 1. The van der Waals surface area contributed by atoms with Crippen LogP contribution in [0.15, 0.2) is 48.5 Å². The van der Waals surface area contributed by atoms with Crippen molar-refractivity contribution in [3.8, 4) is 11.5 Å². The number of hydrogen-bond acceptors (Lipinski definition) is 6. The average Bonchev–Trinajstić information content (AvgIpc) is 2.69. The van der Waals surface area contributed by atoms with Crippen molar-refractivity contribution in [3.05, 3.63) is 54.1 Å². The molecule has 2 aromatic rings. The van der Waals surface area contributed by atoms with Crippen molar-refractivity contribution in [1.82, 2.24) is 4.90 Å². The molecule has 2 aromatic carbocycles. The molecule has 0 radical (unpaired) electrons. The summed E-state index contributed by atoms with van der Waals surface area (Å²) in [4.78, 5) is 14.1. The Bertz CT molecular complexity index is 785. The van der Waals surface area contributed by atoms with Gasteiger partial charge in [-0.05, 0) is 69.2 Å². The maximum Gasteiger partial charge on any atom is 0.410 e. The topological polar surface area (TPSA) is 94.3 Å². The van der Waals surface area contributed by atoms with E-state index < -0.39 is 17.8 Å². The smallest absolute Gasteiger partial charge is 0.410 e. The molecule has 2 rings (SSSR count). The Balaban J connectivity index is 1.95. The summed E-state index contributed by atoms with van der Waals surface area (Å²) in [5.41, 5.74) is 6.83. The van der Waals surface area contributed by atoms with E-state index in [4.69, 9.17) is 19.9 Å². The van der Waals surface area contributed by atoms with Crippen LogP contribution in [0, 0.1) is 0 Å². The third-order valence-electron chi connectivity index (χ3n) is 4.23. The number of aliphatic hydroxyl groups excluding tert-OH is 1. The molecule has 0 saturated heterocycles. The molecule has 0 heterocycles. The summed E-state index contributed by atoms with van der Waals surface area (Å²) in [5, 5.41) is 10.4. The van der Waals surface area contributed by atoms with Gasteiger partial charge in [-0.3, -0.25) is 0 Å². The highest BCUT2D eigenvalue weighted by molar-refractivity contribution is 5.68. The van der Waals surface area contributed by atoms with E-state index in [0.29, 0.717) is 24.4 Å². The van der Waals surface area contributed by atoms with Crippen LogP contribution < -0.4 is 15.2 Å². The van der Waals surface area contributed by atoms with Crippen molar-refractivity contribution >= 4 is 11.8 Å². The van der Waals surface area contributed by atoms with Crippen molar-refractivity contribution < 1.29 is 24.1 Å². The highest BCUT2D eigenvalue weighted by Crippen LogP contribution is 2.17. The zero-order valence-corrected chi connectivity index (χ0v) is 18.1. The third-order valence-corrected chi connectivity index (χ3v) is 4.23. The van der Waals surface area contributed by atoms with Crippen LogP contribution in [-0.4, -0.2) is 54.6 Å². The molecule has 3 N–H and O–H groups in total. The maximum absolute atomic E-state index is 12.6. The summed E-state index contributed by atoms with van der Waals surface area (Å²) in [6.45, 7) is 5.98. The Morgan fingerprint density at radius 1 is 1.07 bits per heavy atom. The second-order valence-corrected chi connectivity index (χ2v) is 8.06. The molecule has 0 saturated carbocycles. The number of aliphatic hydroxyl groups is 1. The first-order chi connectivity index (χ1) is 14.2. The molecule has 0 aliphatic heterocycles. The minimum atomic E-state index is -0.869. The van der Waals surface area contributed by atoms with E-state index in [1.807, 2.05) is 45.0 Å². The van der Waals surface area contributed by atoms with Gasteiger partial charge < -0.3 is 30.0 Å². The second kappa shape index (κ2) is 10.7. The molecule has 0 spiro atoms. The number of nitrogen functional groups attached to an aromatic ring is 1. The number of benzene rings is 2. The summed E-state index contributed by atoms with van der Waals surface area (Å²) < 4.78 is 16.2. The third kappa shape index (κ3) is 8.21. The molecular weight excluding hydrogens is 384 g/mol. The van der Waals surface area contributed by atoms with E-state index in [-0.39, 0.29) is 13.2 Å². The maximum atomic E-state index is 12.6. The van der Waals surface area contributed by atoms with Crippen LogP contribution >= 0.6 is 0 Å². The largest absolute Gasteiger partial charge is 0.497 e. The monoisotopic (exact) mass is 416 g/mol. The minimum absolute atomic E-state index is 0.0491. The van der Waals surface area contributed by atoms with Gasteiger partial charge in [-0.25, -0.2) is 4.79 Å². The second-order valence-electron chi connectivity index (χ2n) is 8.06. The number of rotatable bonds is 9. The van der Waals surface area contributed by atoms with E-state index in [0.717, 1.165) is 11.3 Å². The van der Waals surface area contributed by atoms with Crippen molar-refractivity contribution in [3.63, 3.8) is 0 Å². The average molecular weight is 417 g/mol. The number of ether oxygens (including phenoxy) is 3. The molecule has 0 unspecified atom stereocenters. The lowest BCUT2D eigenvalue weighted by Crippen LogP contribution is -2.43. The number of anilines is 1. The summed E-state index contributed by atoms with van der Waals surface area (Å²) in [6, 6.07) is 14.6. The fourth-order valence-corrected chi connectivity index (χ4v) is 2.70. The van der Waals surface area contributed by atoms with Gasteiger partial charge in [0.25, 0.3) is 0 Å². The molecule has 7 heteroatoms. The zero-order chi connectivity index (χ0) is 22.1. The lowest BCUT2D eigenvalue weighted by atomic mass is 10.1. The minimum Gasteiger partial charge on any atom is -0.497 e. The van der Waals surface area contributed by atoms with Crippen LogP contribution in [0.1, 0.15) is 26.3 Å². The molecule has 7 nitrogen and oxygen atoms in total. The molecule has 0 aliphatic carbocycles. The normalized spacial score (nSPS) is 12.2. The quantitative estimate of drug-likeness (QED) is 0.608. The fourth-order valence-electron chi connectivity index (χ4n) is 2.70. The molecule has 0 aliphatic rings. The highest BCUT2D eigenvalue weighted by atomic mass is 16.6. The van der Waals surface area contributed by atoms with Gasteiger partial charge in [-0.1, -0.05) is 12.1 Å². The van der Waals surface area contributed by atoms with Crippen molar-refractivity contribution in [2.45, 2.75) is 38.9 Å². The molecule has 1 amide bonds. The SMILES string of the molecule is COc1ccc(OC[C@@H](O)CN(CCc2ccc(N)cc2)C(=O)OC(C)(C)C)cc1. The molecule has 30 heavy (non-hydrogen) atoms. The Kier molecular flexibility index (Phi) is 8.35. The highest BCUT2D eigenvalue weighted by Gasteiger charge is 2.24. The van der Waals surface area contributed by atoms with Crippen LogP contribution in [0.2, 0.25) is 0 Å². The van der Waals surface area contributed by atoms with Crippen LogP contribution in [0.3, 0.4) is 0 Å². The number of carbonyl (C=O) groups excluding carboxylic acids is 1. The lowest BCUT2D eigenvalue weighted by molar-refractivity contribution is 0.00944. The predicted molar refractivity (Wildman–Crippen MR) is 117 cm³/mol. The Morgan fingerprint density at radius 3 is 2.23 bits per heavy atom. The Morgan fingerprint density at radius 2 is 1.67 bits per heavy atom. The van der Waals surface area contributed by atoms with Crippen LogP contribution in [-0.2, 0) is 11.2 Å². The van der Waals surface area contributed by atoms with Gasteiger partial charge in [0.2, 0.25) is 0 Å². The lowest BCUT2D eigenvalue weighted by Gasteiger charge is -2.29. The molecular formula is C23H32N2O5. The van der Waals surface area contributed by atoms with Gasteiger partial charge in [0, 0.05) is 12.2 Å². The van der Waals surface area contributed by atoms with Gasteiger partial charge >= 0.3 is 6.09 Å². The van der Waals surface area contributed by atoms with Crippen LogP contribution in [0.4, 0.5) is 10.5 Å². The Hall–Kier alpha value is -2.93. The summed E-state index contributed by atoms with van der Waals surface area (Å²) in [6.07, 6.45) is -0.724. The number of hydrogen-bond donors (Lipinski definition) is 2. The number of nitrogens with two attached hydrogens (primary N) is 1. The van der Waals surface area contributed by atoms with Crippen LogP contribution in [0.25, 0.3) is 0 Å². The summed E-state index contributed by atoms with van der Waals surface area (Å²) in [5.74, 6) is 1.34. The molecule has 1 atom stereocenters. The summed E-state index contributed by atoms with van der Waals surface area (Å²) >= 11 is 0. The zero-order valence-electron chi connectivity index (χ0n) is 18.1. The molecule has 0 fully saturated rings. The molecule has 164 valence electrons. The number of amides is 1. The number of nitrogens with zero attached hydrogens (tertiary/aromatic N) is 1. The van der Waals surface area contributed by atoms with Crippen LogP contribution in [0.5, 0.6) is 11.5 Å². The number of carbonyl (C=O) groups is 1. The Labute approximate surface area is 178 Å². The molecule has 0 aromatic heterocycles. The molecule has 0 bridgehead atoms. The van der Waals surface area contributed by atoms with E-state index in [2.05, 4.69) is 0 Å². The first-order valence-corrected chi connectivity index (χ1v) is 9.93. The first-order valence-electron chi connectivity index (χ1n) is 9.93. The van der Waals surface area contributed by atoms with E-state index >= 15 is 0 Å². The van der Waals surface area contributed by atoms with Gasteiger partial charge in [-0.2, -0.15) is 0 Å². The first kappa shape index (κ1) is 23.3.